The molecule has 0 aliphatic heterocycles. The molecule has 0 radical (unpaired) electrons. The highest BCUT2D eigenvalue weighted by Gasteiger charge is 2.25. The molecule has 4 nitrogen and oxygen atoms in total. The minimum Gasteiger partial charge on any atom is -0.478 e. The van der Waals surface area contributed by atoms with Crippen LogP contribution >= 0.6 is 11.8 Å². The third kappa shape index (κ3) is 3.50. The normalized spacial score (nSPS) is 16.1. The quantitative estimate of drug-likeness (QED) is 0.800. The van der Waals surface area contributed by atoms with Gasteiger partial charge in [0.1, 0.15) is 0 Å². The average molecular weight is 265 g/mol. The van der Waals surface area contributed by atoms with Gasteiger partial charge in [0, 0.05) is 10.9 Å². The van der Waals surface area contributed by atoms with Crippen LogP contribution in [-0.4, -0.2) is 28.3 Å². The van der Waals surface area contributed by atoms with Crippen molar-refractivity contribution in [2.75, 3.05) is 0 Å². The molecule has 2 rings (SSSR count). The molecule has 1 aromatic carbocycles. The molecular weight excluding hydrogens is 250 g/mol. The number of nitrogens with one attached hydrogen (secondary N) is 1. The van der Waals surface area contributed by atoms with Crippen molar-refractivity contribution in [3.63, 3.8) is 0 Å². The van der Waals surface area contributed by atoms with Gasteiger partial charge in [0.05, 0.1) is 10.8 Å². The lowest BCUT2D eigenvalue weighted by Crippen LogP contribution is -2.32. The number of carbonyl (C=O) groups is 2. The van der Waals surface area contributed by atoms with Gasteiger partial charge in [-0.3, -0.25) is 4.79 Å². The summed E-state index contributed by atoms with van der Waals surface area (Å²) in [5.41, 5.74) is 0.245. The topological polar surface area (TPSA) is 66.4 Å². The van der Waals surface area contributed by atoms with Crippen molar-refractivity contribution >= 4 is 23.6 Å². The van der Waals surface area contributed by atoms with E-state index in [9.17, 15) is 9.59 Å². The Kier molecular flexibility index (Phi) is 3.91. The number of carboxylic acids is 1. The molecule has 1 atom stereocenters. The highest BCUT2D eigenvalue weighted by Crippen LogP contribution is 2.26. The lowest BCUT2D eigenvalue weighted by molar-refractivity contribution is -0.120. The minimum absolute atomic E-state index is 0.0169. The van der Waals surface area contributed by atoms with E-state index in [0.29, 0.717) is 6.04 Å². The molecule has 1 aliphatic carbocycles. The lowest BCUT2D eigenvalue weighted by Gasteiger charge is -2.11. The molecule has 5 heteroatoms. The van der Waals surface area contributed by atoms with E-state index in [1.807, 2.05) is 13.0 Å². The maximum absolute atomic E-state index is 11.8. The fraction of sp³-hybridized carbons (Fsp3) is 0.385. The summed E-state index contributed by atoms with van der Waals surface area (Å²) in [7, 11) is 0. The number of rotatable bonds is 5. The Morgan fingerprint density at radius 3 is 2.78 bits per heavy atom. The van der Waals surface area contributed by atoms with Crippen molar-refractivity contribution in [1.29, 1.82) is 0 Å². The van der Waals surface area contributed by atoms with Crippen LogP contribution in [0.3, 0.4) is 0 Å². The molecule has 1 unspecified atom stereocenters. The average Bonchev–Trinajstić information content (AvgIpc) is 3.13. The zero-order chi connectivity index (χ0) is 13.1. The van der Waals surface area contributed by atoms with Gasteiger partial charge in [-0.05, 0) is 38.0 Å². The zero-order valence-corrected chi connectivity index (χ0v) is 10.9. The van der Waals surface area contributed by atoms with E-state index < -0.39 is 5.97 Å². The van der Waals surface area contributed by atoms with Crippen molar-refractivity contribution in [3.8, 4) is 0 Å². The van der Waals surface area contributed by atoms with Gasteiger partial charge in [-0.25, -0.2) is 4.79 Å². The fourth-order valence-electron chi connectivity index (χ4n) is 1.51. The predicted octanol–water partition coefficient (Wildman–Crippen LogP) is 2.14. The van der Waals surface area contributed by atoms with Crippen molar-refractivity contribution < 1.29 is 14.7 Å². The number of hydrogen-bond acceptors (Lipinski definition) is 3. The Morgan fingerprint density at radius 1 is 1.44 bits per heavy atom. The molecule has 1 aliphatic rings. The van der Waals surface area contributed by atoms with E-state index >= 15 is 0 Å². The molecule has 1 amide bonds. The van der Waals surface area contributed by atoms with Gasteiger partial charge in [-0.2, -0.15) is 0 Å². The highest BCUT2D eigenvalue weighted by molar-refractivity contribution is 8.00. The van der Waals surface area contributed by atoms with Gasteiger partial charge < -0.3 is 10.4 Å². The van der Waals surface area contributed by atoms with Crippen LogP contribution in [0.15, 0.2) is 29.2 Å². The van der Waals surface area contributed by atoms with Crippen LogP contribution in [0.1, 0.15) is 30.1 Å². The Morgan fingerprint density at radius 2 is 2.17 bits per heavy atom. The van der Waals surface area contributed by atoms with Crippen LogP contribution in [0.25, 0.3) is 0 Å². The van der Waals surface area contributed by atoms with E-state index in [-0.39, 0.29) is 16.7 Å². The number of benzene rings is 1. The number of carboxylic acid groups (broad SMARTS) is 1. The fourth-order valence-corrected chi connectivity index (χ4v) is 2.44. The standard InChI is InChI=1S/C13H15NO3S/c1-8(12(15)14-10-5-6-10)18-11-4-2-3-9(7-11)13(16)17/h2-4,7-8,10H,5-6H2,1H3,(H,14,15)(H,16,17). The number of hydrogen-bond donors (Lipinski definition) is 2. The molecule has 0 aromatic heterocycles. The number of thioether (sulfide) groups is 1. The number of aromatic carboxylic acids is 1. The monoisotopic (exact) mass is 265 g/mol. The van der Waals surface area contributed by atoms with Gasteiger partial charge in [0.15, 0.2) is 0 Å². The van der Waals surface area contributed by atoms with Gasteiger partial charge in [0.2, 0.25) is 5.91 Å². The van der Waals surface area contributed by atoms with Crippen LogP contribution in [0.4, 0.5) is 0 Å². The van der Waals surface area contributed by atoms with E-state index in [0.717, 1.165) is 17.7 Å². The summed E-state index contributed by atoms with van der Waals surface area (Å²) in [6.45, 7) is 1.83. The minimum atomic E-state index is -0.951. The summed E-state index contributed by atoms with van der Waals surface area (Å²) in [5, 5.41) is 11.6. The Labute approximate surface area is 110 Å². The summed E-state index contributed by atoms with van der Waals surface area (Å²) in [4.78, 5) is 23.4. The van der Waals surface area contributed by atoms with E-state index in [1.165, 1.54) is 11.8 Å². The smallest absolute Gasteiger partial charge is 0.335 e. The molecule has 0 heterocycles. The molecule has 2 N–H and O–H groups in total. The van der Waals surface area contributed by atoms with Gasteiger partial charge in [-0.1, -0.05) is 6.07 Å². The maximum Gasteiger partial charge on any atom is 0.335 e. The van der Waals surface area contributed by atoms with Gasteiger partial charge in [-0.15, -0.1) is 11.8 Å². The zero-order valence-electron chi connectivity index (χ0n) is 10.1. The molecule has 1 aromatic rings. The van der Waals surface area contributed by atoms with Crippen molar-refractivity contribution in [2.24, 2.45) is 0 Å². The first-order valence-electron chi connectivity index (χ1n) is 5.86. The summed E-state index contributed by atoms with van der Waals surface area (Å²) in [5.74, 6) is -0.934. The molecule has 18 heavy (non-hydrogen) atoms. The predicted molar refractivity (Wildman–Crippen MR) is 69.9 cm³/mol. The third-order valence-electron chi connectivity index (χ3n) is 2.69. The van der Waals surface area contributed by atoms with Crippen molar-refractivity contribution in [1.82, 2.24) is 5.32 Å². The molecule has 1 fully saturated rings. The Hall–Kier alpha value is -1.49. The Bertz CT molecular complexity index is 471. The summed E-state index contributed by atoms with van der Waals surface area (Å²) in [6, 6.07) is 7.00. The molecule has 0 spiro atoms. The van der Waals surface area contributed by atoms with Crippen LogP contribution in [-0.2, 0) is 4.79 Å². The largest absolute Gasteiger partial charge is 0.478 e. The van der Waals surface area contributed by atoms with Crippen LogP contribution in [0.2, 0.25) is 0 Å². The highest BCUT2D eigenvalue weighted by atomic mass is 32.2. The Balaban J connectivity index is 1.96. The van der Waals surface area contributed by atoms with Crippen molar-refractivity contribution in [2.45, 2.75) is 36.0 Å². The van der Waals surface area contributed by atoms with Gasteiger partial charge >= 0.3 is 5.97 Å². The summed E-state index contributed by atoms with van der Waals surface area (Å²) >= 11 is 1.38. The molecule has 96 valence electrons. The first-order valence-corrected chi connectivity index (χ1v) is 6.74. The van der Waals surface area contributed by atoms with E-state index in [1.54, 1.807) is 18.2 Å². The third-order valence-corrected chi connectivity index (χ3v) is 3.78. The van der Waals surface area contributed by atoms with Crippen LogP contribution in [0, 0.1) is 0 Å². The van der Waals surface area contributed by atoms with Crippen molar-refractivity contribution in [3.05, 3.63) is 29.8 Å². The van der Waals surface area contributed by atoms with Crippen LogP contribution in [0.5, 0.6) is 0 Å². The second kappa shape index (κ2) is 5.44. The molecule has 1 saturated carbocycles. The first-order chi connectivity index (χ1) is 8.56. The van der Waals surface area contributed by atoms with Crippen LogP contribution < -0.4 is 5.32 Å². The molecule has 0 saturated heterocycles. The van der Waals surface area contributed by atoms with Gasteiger partial charge in [0.25, 0.3) is 0 Å². The molecular formula is C13H15NO3S. The second-order valence-electron chi connectivity index (χ2n) is 4.38. The number of amides is 1. The first kappa shape index (κ1) is 13.0. The SMILES string of the molecule is CC(Sc1cccc(C(=O)O)c1)C(=O)NC1CC1. The maximum atomic E-state index is 11.8. The summed E-state index contributed by atoms with van der Waals surface area (Å²) in [6.07, 6.45) is 2.13. The summed E-state index contributed by atoms with van der Waals surface area (Å²) < 4.78 is 0. The second-order valence-corrected chi connectivity index (χ2v) is 5.79. The van der Waals surface area contributed by atoms with E-state index in [4.69, 9.17) is 5.11 Å². The lowest BCUT2D eigenvalue weighted by atomic mass is 10.2. The van der Waals surface area contributed by atoms with E-state index in [2.05, 4.69) is 5.32 Å². The number of carbonyl (C=O) groups excluding carboxylic acids is 1. The molecule has 0 bridgehead atoms.